The van der Waals surface area contributed by atoms with Crippen LogP contribution in [0.3, 0.4) is 0 Å². The van der Waals surface area contributed by atoms with E-state index in [1.54, 1.807) is 4.90 Å². The molecular formula is C22H27F3N4O2. The zero-order valence-electron chi connectivity index (χ0n) is 17.7. The Labute approximate surface area is 179 Å². The molecule has 168 valence electrons. The minimum absolute atomic E-state index is 0.000621. The molecule has 2 fully saturated rings. The molecule has 0 N–H and O–H groups in total. The maximum absolute atomic E-state index is 13.1. The van der Waals surface area contributed by atoms with Crippen LogP contribution in [0.2, 0.25) is 0 Å². The highest BCUT2D eigenvalue weighted by Crippen LogP contribution is 2.33. The van der Waals surface area contributed by atoms with Gasteiger partial charge in [0.05, 0.1) is 11.0 Å². The molecule has 0 spiro atoms. The van der Waals surface area contributed by atoms with Crippen LogP contribution in [-0.4, -0.2) is 63.0 Å². The Bertz CT molecular complexity index is 985. The fraction of sp³-hybridized carbons (Fsp3) is 0.591. The van der Waals surface area contributed by atoms with Gasteiger partial charge in [0, 0.05) is 31.6 Å². The average Bonchev–Trinajstić information content (AvgIpc) is 3.37. The summed E-state index contributed by atoms with van der Waals surface area (Å²) in [6.45, 7) is 5.03. The summed E-state index contributed by atoms with van der Waals surface area (Å²) in [6, 6.07) is 7.04. The molecule has 31 heavy (non-hydrogen) atoms. The Morgan fingerprint density at radius 1 is 1.10 bits per heavy atom. The monoisotopic (exact) mass is 436 g/mol. The second kappa shape index (κ2) is 8.16. The minimum atomic E-state index is -4.96. The molecule has 1 aromatic heterocycles. The number of carbonyl (C=O) groups excluding carboxylic acids is 2. The van der Waals surface area contributed by atoms with Gasteiger partial charge in [0.15, 0.2) is 0 Å². The van der Waals surface area contributed by atoms with E-state index in [9.17, 15) is 22.8 Å². The third kappa shape index (κ3) is 4.02. The normalized spacial score (nSPS) is 22.5. The van der Waals surface area contributed by atoms with E-state index in [0.717, 1.165) is 29.7 Å². The van der Waals surface area contributed by atoms with Gasteiger partial charge in [0.1, 0.15) is 11.9 Å². The van der Waals surface area contributed by atoms with Gasteiger partial charge in [0.25, 0.3) is 0 Å². The van der Waals surface area contributed by atoms with Crippen LogP contribution < -0.4 is 0 Å². The van der Waals surface area contributed by atoms with Gasteiger partial charge in [-0.05, 0) is 51.7 Å². The third-order valence-electron chi connectivity index (χ3n) is 6.28. The molecular weight excluding hydrogens is 409 g/mol. The fourth-order valence-corrected chi connectivity index (χ4v) is 4.92. The van der Waals surface area contributed by atoms with Crippen molar-refractivity contribution in [3.05, 3.63) is 30.1 Å². The van der Waals surface area contributed by atoms with Crippen LogP contribution in [-0.2, 0) is 9.59 Å². The molecule has 0 radical (unpaired) electrons. The Balaban J connectivity index is 1.57. The van der Waals surface area contributed by atoms with Gasteiger partial charge in [-0.2, -0.15) is 13.2 Å². The molecule has 3 heterocycles. The van der Waals surface area contributed by atoms with E-state index in [-0.39, 0.29) is 30.8 Å². The summed E-state index contributed by atoms with van der Waals surface area (Å²) in [5.41, 5.74) is 1.93. The standard InChI is InChI=1S/C22H27F3N4O2/c1-14(2)29-17-9-4-3-8-16(17)26-19(29)15-7-5-11-27(13-15)20(30)18-10-6-12-28(18)21(31)22(23,24)25/h3-4,8-9,14-15,18H,5-7,10-13H2,1-2H3. The smallest absolute Gasteiger partial charge is 0.340 e. The second-order valence-electron chi connectivity index (χ2n) is 8.70. The Kier molecular flexibility index (Phi) is 5.70. The molecule has 9 heteroatoms. The Morgan fingerprint density at radius 2 is 1.81 bits per heavy atom. The lowest BCUT2D eigenvalue weighted by molar-refractivity contribution is -0.187. The van der Waals surface area contributed by atoms with Crippen molar-refractivity contribution in [1.82, 2.24) is 19.4 Å². The SMILES string of the molecule is CC(C)n1c(C2CCCN(C(=O)C3CCCN3C(=O)C(F)(F)F)C2)nc2ccccc21. The zero-order valence-corrected chi connectivity index (χ0v) is 17.7. The van der Waals surface area contributed by atoms with Crippen molar-refractivity contribution in [2.24, 2.45) is 0 Å². The number of imidazole rings is 1. The van der Waals surface area contributed by atoms with E-state index in [2.05, 4.69) is 18.4 Å². The predicted octanol–water partition coefficient (Wildman–Crippen LogP) is 3.88. The molecule has 2 unspecified atom stereocenters. The first-order valence-corrected chi connectivity index (χ1v) is 10.8. The molecule has 1 aromatic carbocycles. The molecule has 4 rings (SSSR count). The number of nitrogens with zero attached hydrogens (tertiary/aromatic N) is 4. The third-order valence-corrected chi connectivity index (χ3v) is 6.28. The van der Waals surface area contributed by atoms with Gasteiger partial charge in [0.2, 0.25) is 5.91 Å². The molecule has 2 saturated heterocycles. The largest absolute Gasteiger partial charge is 0.471 e. The van der Waals surface area contributed by atoms with E-state index in [0.29, 0.717) is 24.4 Å². The van der Waals surface area contributed by atoms with Crippen molar-refractivity contribution in [2.75, 3.05) is 19.6 Å². The van der Waals surface area contributed by atoms with E-state index in [1.165, 1.54) is 0 Å². The lowest BCUT2D eigenvalue weighted by Crippen LogP contribution is -2.53. The number of benzene rings is 1. The first-order valence-electron chi connectivity index (χ1n) is 10.8. The van der Waals surface area contributed by atoms with Crippen LogP contribution in [0.4, 0.5) is 13.2 Å². The summed E-state index contributed by atoms with van der Waals surface area (Å²) < 4.78 is 41.1. The number of likely N-dealkylation sites (tertiary alicyclic amines) is 2. The number of fused-ring (bicyclic) bond motifs is 1. The Hall–Kier alpha value is -2.58. The van der Waals surface area contributed by atoms with Gasteiger partial charge in [-0.25, -0.2) is 4.98 Å². The topological polar surface area (TPSA) is 58.4 Å². The highest BCUT2D eigenvalue weighted by molar-refractivity contribution is 5.90. The minimum Gasteiger partial charge on any atom is -0.340 e. The van der Waals surface area contributed by atoms with Gasteiger partial charge >= 0.3 is 12.1 Å². The van der Waals surface area contributed by atoms with Gasteiger partial charge in [-0.15, -0.1) is 0 Å². The number of hydrogen-bond acceptors (Lipinski definition) is 3. The summed E-state index contributed by atoms with van der Waals surface area (Å²) in [5.74, 6) is -1.39. The number of amides is 2. The lowest BCUT2D eigenvalue weighted by atomic mass is 9.96. The Morgan fingerprint density at radius 3 is 2.52 bits per heavy atom. The number of aromatic nitrogens is 2. The molecule has 2 amide bonds. The van der Waals surface area contributed by atoms with Crippen LogP contribution in [0.5, 0.6) is 0 Å². The molecule has 2 aromatic rings. The van der Waals surface area contributed by atoms with Crippen molar-refractivity contribution in [2.45, 2.75) is 63.7 Å². The van der Waals surface area contributed by atoms with Crippen LogP contribution in [0.15, 0.2) is 24.3 Å². The molecule has 2 atom stereocenters. The maximum atomic E-state index is 13.1. The molecule has 2 aliphatic heterocycles. The first-order chi connectivity index (χ1) is 14.7. The summed E-state index contributed by atoms with van der Waals surface area (Å²) in [4.78, 5) is 32.1. The summed E-state index contributed by atoms with van der Waals surface area (Å²) in [6.07, 6.45) is -2.69. The van der Waals surface area contributed by atoms with Crippen molar-refractivity contribution in [1.29, 1.82) is 0 Å². The van der Waals surface area contributed by atoms with Crippen LogP contribution in [0, 0.1) is 0 Å². The predicted molar refractivity (Wildman–Crippen MR) is 109 cm³/mol. The van der Waals surface area contributed by atoms with Crippen LogP contribution >= 0.6 is 0 Å². The number of hydrogen-bond donors (Lipinski definition) is 0. The highest BCUT2D eigenvalue weighted by Gasteiger charge is 2.48. The number of para-hydroxylation sites is 2. The number of piperidine rings is 1. The molecule has 6 nitrogen and oxygen atoms in total. The van der Waals surface area contributed by atoms with E-state index >= 15 is 0 Å². The summed E-state index contributed by atoms with van der Waals surface area (Å²) >= 11 is 0. The number of alkyl halides is 3. The quantitative estimate of drug-likeness (QED) is 0.734. The van der Waals surface area contributed by atoms with Crippen LogP contribution in [0.25, 0.3) is 11.0 Å². The fourth-order valence-electron chi connectivity index (χ4n) is 4.92. The van der Waals surface area contributed by atoms with E-state index in [4.69, 9.17) is 4.98 Å². The zero-order chi connectivity index (χ0) is 22.3. The lowest BCUT2D eigenvalue weighted by Gasteiger charge is -2.36. The molecule has 0 saturated carbocycles. The van der Waals surface area contributed by atoms with Crippen LogP contribution in [0.1, 0.15) is 57.3 Å². The second-order valence-corrected chi connectivity index (χ2v) is 8.70. The summed E-state index contributed by atoms with van der Waals surface area (Å²) in [5, 5.41) is 0. The average molecular weight is 436 g/mol. The van der Waals surface area contributed by atoms with Gasteiger partial charge < -0.3 is 14.4 Å². The highest BCUT2D eigenvalue weighted by atomic mass is 19.4. The van der Waals surface area contributed by atoms with Crippen molar-refractivity contribution < 1.29 is 22.8 Å². The first kappa shape index (κ1) is 21.6. The molecule has 0 bridgehead atoms. The molecule has 2 aliphatic rings. The van der Waals surface area contributed by atoms with Gasteiger partial charge in [-0.1, -0.05) is 12.1 Å². The maximum Gasteiger partial charge on any atom is 0.471 e. The molecule has 0 aliphatic carbocycles. The van der Waals surface area contributed by atoms with E-state index < -0.39 is 18.1 Å². The number of carbonyl (C=O) groups is 2. The number of halogens is 3. The number of rotatable bonds is 3. The van der Waals surface area contributed by atoms with Crippen molar-refractivity contribution >= 4 is 22.8 Å². The summed E-state index contributed by atoms with van der Waals surface area (Å²) in [7, 11) is 0. The van der Waals surface area contributed by atoms with Gasteiger partial charge in [-0.3, -0.25) is 9.59 Å². The van der Waals surface area contributed by atoms with Crippen molar-refractivity contribution in [3.63, 3.8) is 0 Å². The van der Waals surface area contributed by atoms with E-state index in [1.807, 2.05) is 24.3 Å². The van der Waals surface area contributed by atoms with Crippen molar-refractivity contribution in [3.8, 4) is 0 Å².